The molecule has 4 nitrogen and oxygen atoms in total. The van der Waals surface area contributed by atoms with Crippen molar-refractivity contribution in [3.8, 4) is 0 Å². The molecule has 1 aliphatic heterocycles. The van der Waals surface area contributed by atoms with Crippen LogP contribution in [0.5, 0.6) is 0 Å². The van der Waals surface area contributed by atoms with Gasteiger partial charge in [-0.3, -0.25) is 0 Å². The first-order valence-electron chi connectivity index (χ1n) is 8.04. The fraction of sp³-hybridized carbons (Fsp3) is 0.556. The molecule has 1 amide bonds. The minimum Gasteiger partial charge on any atom is -0.444 e. The molecule has 0 radical (unpaired) electrons. The molecule has 0 unspecified atom stereocenters. The number of aldehydes is 1. The van der Waals surface area contributed by atoms with Crippen LogP contribution in [0.4, 0.5) is 13.6 Å². The highest BCUT2D eigenvalue weighted by atomic mass is 19.2. The summed E-state index contributed by atoms with van der Waals surface area (Å²) >= 11 is 0. The number of carbonyl (C=O) groups is 2. The van der Waals surface area contributed by atoms with Gasteiger partial charge in [-0.1, -0.05) is 6.07 Å². The predicted molar refractivity (Wildman–Crippen MR) is 85.8 cm³/mol. The van der Waals surface area contributed by atoms with Crippen LogP contribution in [0.2, 0.25) is 0 Å². The van der Waals surface area contributed by atoms with Crippen LogP contribution in [-0.4, -0.2) is 36.0 Å². The number of rotatable bonds is 3. The lowest BCUT2D eigenvalue weighted by molar-refractivity contribution is -0.109. The van der Waals surface area contributed by atoms with Gasteiger partial charge in [0.15, 0.2) is 11.6 Å². The van der Waals surface area contributed by atoms with E-state index in [4.69, 9.17) is 4.74 Å². The fourth-order valence-electron chi connectivity index (χ4n) is 3.04. The van der Waals surface area contributed by atoms with Gasteiger partial charge in [0.05, 0.1) is 0 Å². The molecule has 1 aromatic carbocycles. The van der Waals surface area contributed by atoms with Crippen LogP contribution in [0.1, 0.15) is 45.6 Å². The van der Waals surface area contributed by atoms with Gasteiger partial charge < -0.3 is 14.4 Å². The number of carbonyl (C=O) groups excluding carboxylic acids is 2. The number of halogens is 2. The van der Waals surface area contributed by atoms with E-state index in [2.05, 4.69) is 0 Å². The van der Waals surface area contributed by atoms with E-state index in [1.165, 1.54) is 6.07 Å². The summed E-state index contributed by atoms with van der Waals surface area (Å²) in [5.41, 5.74) is -0.555. The Morgan fingerprint density at radius 1 is 1.25 bits per heavy atom. The molecule has 0 aromatic heterocycles. The predicted octanol–water partition coefficient (Wildman–Crippen LogP) is 3.82. The van der Waals surface area contributed by atoms with E-state index in [9.17, 15) is 18.4 Å². The number of piperidine rings is 1. The SMILES string of the molecule is CC(C)(C)OC(=O)N1CCC(CC=O)(c2ccc(F)c(F)c2)CC1. The van der Waals surface area contributed by atoms with Crippen molar-refractivity contribution >= 4 is 12.4 Å². The minimum atomic E-state index is -0.924. The molecule has 24 heavy (non-hydrogen) atoms. The van der Waals surface area contributed by atoms with Crippen LogP contribution in [0.3, 0.4) is 0 Å². The van der Waals surface area contributed by atoms with E-state index in [0.717, 1.165) is 18.4 Å². The summed E-state index contributed by atoms with van der Waals surface area (Å²) in [7, 11) is 0. The zero-order chi connectivity index (χ0) is 18.0. The number of likely N-dealkylation sites (tertiary alicyclic amines) is 1. The summed E-state index contributed by atoms with van der Waals surface area (Å²) < 4.78 is 32.1. The highest BCUT2D eigenvalue weighted by Crippen LogP contribution is 2.38. The van der Waals surface area contributed by atoms with Gasteiger partial charge in [-0.05, 0) is 51.3 Å². The van der Waals surface area contributed by atoms with Gasteiger partial charge in [0, 0.05) is 24.9 Å². The lowest BCUT2D eigenvalue weighted by Crippen LogP contribution is -2.47. The Morgan fingerprint density at radius 3 is 2.38 bits per heavy atom. The topological polar surface area (TPSA) is 46.6 Å². The van der Waals surface area contributed by atoms with E-state index in [-0.39, 0.29) is 6.42 Å². The van der Waals surface area contributed by atoms with Gasteiger partial charge in [-0.25, -0.2) is 13.6 Å². The van der Waals surface area contributed by atoms with Gasteiger partial charge in [0.2, 0.25) is 0 Å². The lowest BCUT2D eigenvalue weighted by atomic mass is 9.71. The highest BCUT2D eigenvalue weighted by Gasteiger charge is 2.38. The monoisotopic (exact) mass is 339 g/mol. The normalized spacial score (nSPS) is 17.5. The largest absolute Gasteiger partial charge is 0.444 e. The van der Waals surface area contributed by atoms with Gasteiger partial charge in [-0.2, -0.15) is 0 Å². The Balaban J connectivity index is 2.15. The maximum atomic E-state index is 13.6. The molecule has 0 aliphatic carbocycles. The van der Waals surface area contributed by atoms with E-state index in [0.29, 0.717) is 31.5 Å². The summed E-state index contributed by atoms with van der Waals surface area (Å²) in [6.45, 7) is 6.20. The molecule has 6 heteroatoms. The third kappa shape index (κ3) is 4.10. The first kappa shape index (κ1) is 18.4. The quantitative estimate of drug-likeness (QED) is 0.787. The smallest absolute Gasteiger partial charge is 0.410 e. The van der Waals surface area contributed by atoms with Crippen LogP contribution in [0.25, 0.3) is 0 Å². The fourth-order valence-corrected chi connectivity index (χ4v) is 3.04. The zero-order valence-electron chi connectivity index (χ0n) is 14.3. The van der Waals surface area contributed by atoms with Crippen molar-refractivity contribution in [3.63, 3.8) is 0 Å². The van der Waals surface area contributed by atoms with Gasteiger partial charge in [0.1, 0.15) is 11.9 Å². The molecule has 1 aromatic rings. The molecule has 1 saturated heterocycles. The molecule has 1 fully saturated rings. The molecule has 0 atom stereocenters. The molecule has 2 rings (SSSR count). The Hall–Kier alpha value is -1.98. The first-order valence-corrected chi connectivity index (χ1v) is 8.04. The summed E-state index contributed by atoms with van der Waals surface area (Å²) in [5.74, 6) is -1.83. The molecule has 0 bridgehead atoms. The lowest BCUT2D eigenvalue weighted by Gasteiger charge is -2.41. The molecule has 1 aliphatic rings. The third-order valence-electron chi connectivity index (χ3n) is 4.38. The molecular weight excluding hydrogens is 316 g/mol. The average molecular weight is 339 g/mol. The summed E-state index contributed by atoms with van der Waals surface area (Å²) in [4.78, 5) is 24.9. The number of hydrogen-bond acceptors (Lipinski definition) is 3. The van der Waals surface area contributed by atoms with Crippen LogP contribution in [0, 0.1) is 11.6 Å². The number of ether oxygens (including phenoxy) is 1. The van der Waals surface area contributed by atoms with Crippen LogP contribution in [-0.2, 0) is 14.9 Å². The number of hydrogen-bond donors (Lipinski definition) is 0. The van der Waals surface area contributed by atoms with Crippen molar-refractivity contribution in [2.45, 2.75) is 51.0 Å². The Morgan fingerprint density at radius 2 is 1.88 bits per heavy atom. The van der Waals surface area contributed by atoms with Crippen molar-refractivity contribution in [1.82, 2.24) is 4.90 Å². The highest BCUT2D eigenvalue weighted by molar-refractivity contribution is 5.68. The maximum Gasteiger partial charge on any atom is 0.410 e. The summed E-state index contributed by atoms with van der Waals surface area (Å²) in [5, 5.41) is 0. The summed E-state index contributed by atoms with van der Waals surface area (Å²) in [6.07, 6.45) is 1.60. The van der Waals surface area contributed by atoms with E-state index < -0.39 is 28.7 Å². The zero-order valence-corrected chi connectivity index (χ0v) is 14.3. The minimum absolute atomic E-state index is 0.209. The standard InChI is InChI=1S/C18H23F2NO3/c1-17(2,3)24-16(23)21-9-6-18(7-10-21,8-11-22)13-4-5-14(19)15(20)12-13/h4-5,11-12H,6-10H2,1-3H3. The number of nitrogens with zero attached hydrogens (tertiary/aromatic N) is 1. The van der Waals surface area contributed by atoms with E-state index >= 15 is 0 Å². The van der Waals surface area contributed by atoms with Crippen molar-refractivity contribution in [2.75, 3.05) is 13.1 Å². The van der Waals surface area contributed by atoms with E-state index in [1.807, 2.05) is 0 Å². The van der Waals surface area contributed by atoms with Crippen molar-refractivity contribution in [2.24, 2.45) is 0 Å². The van der Waals surface area contributed by atoms with Gasteiger partial charge in [-0.15, -0.1) is 0 Å². The molecule has 0 N–H and O–H groups in total. The Bertz CT molecular complexity index is 617. The van der Waals surface area contributed by atoms with Crippen LogP contribution >= 0.6 is 0 Å². The second kappa shape index (κ2) is 6.87. The van der Waals surface area contributed by atoms with Gasteiger partial charge in [0.25, 0.3) is 0 Å². The molecular formula is C18H23F2NO3. The second-order valence-corrected chi connectivity index (χ2v) is 7.25. The van der Waals surface area contributed by atoms with Crippen molar-refractivity contribution < 1.29 is 23.1 Å². The van der Waals surface area contributed by atoms with Crippen LogP contribution < -0.4 is 0 Å². The maximum absolute atomic E-state index is 13.6. The average Bonchev–Trinajstić information content (AvgIpc) is 2.49. The summed E-state index contributed by atoms with van der Waals surface area (Å²) in [6, 6.07) is 3.75. The Labute approximate surface area is 140 Å². The molecule has 1 heterocycles. The van der Waals surface area contributed by atoms with Crippen molar-refractivity contribution in [3.05, 3.63) is 35.4 Å². The number of benzene rings is 1. The molecule has 0 saturated carbocycles. The molecule has 132 valence electrons. The molecule has 0 spiro atoms. The van der Waals surface area contributed by atoms with E-state index in [1.54, 1.807) is 25.7 Å². The third-order valence-corrected chi connectivity index (χ3v) is 4.38. The first-order chi connectivity index (χ1) is 11.2. The Kier molecular flexibility index (Phi) is 5.26. The number of amides is 1. The van der Waals surface area contributed by atoms with Crippen molar-refractivity contribution in [1.29, 1.82) is 0 Å². The second-order valence-electron chi connectivity index (χ2n) is 7.25. The van der Waals surface area contributed by atoms with Crippen LogP contribution in [0.15, 0.2) is 18.2 Å². The van der Waals surface area contributed by atoms with Gasteiger partial charge >= 0.3 is 6.09 Å².